The molecule has 0 saturated carbocycles. The molecule has 0 aliphatic carbocycles. The van der Waals surface area contributed by atoms with Gasteiger partial charge in [0.15, 0.2) is 23.0 Å². The average molecular weight is 500 g/mol. The third-order valence-corrected chi connectivity index (χ3v) is 5.55. The van der Waals surface area contributed by atoms with Crippen LogP contribution in [0.1, 0.15) is 23.6 Å². The van der Waals surface area contributed by atoms with E-state index in [9.17, 15) is 0 Å². The zero-order chi connectivity index (χ0) is 22.8. The summed E-state index contributed by atoms with van der Waals surface area (Å²) in [4.78, 5) is 0. The first-order valence-electron chi connectivity index (χ1n) is 10.7. The first kappa shape index (κ1) is 24.0. The monoisotopic (exact) mass is 499 g/mol. The Balaban J connectivity index is 1.59. The molecular formula is C26H30BrNO4. The third-order valence-electron chi connectivity index (χ3n) is 4.96. The second-order valence-corrected chi connectivity index (χ2v) is 8.08. The van der Waals surface area contributed by atoms with Crippen molar-refractivity contribution in [2.24, 2.45) is 0 Å². The van der Waals surface area contributed by atoms with Crippen molar-refractivity contribution in [2.75, 3.05) is 27.4 Å². The lowest BCUT2D eigenvalue weighted by molar-refractivity contribution is 0.267. The molecular weight excluding hydrogens is 470 g/mol. The normalized spacial score (nSPS) is 10.6. The predicted octanol–water partition coefficient (Wildman–Crippen LogP) is 5.78. The summed E-state index contributed by atoms with van der Waals surface area (Å²) in [5.74, 6) is 2.97. The van der Waals surface area contributed by atoms with Crippen LogP contribution in [-0.2, 0) is 19.6 Å². The topological polar surface area (TPSA) is 49.0 Å². The average Bonchev–Trinajstić information content (AvgIpc) is 2.82. The van der Waals surface area contributed by atoms with Crippen molar-refractivity contribution in [1.29, 1.82) is 0 Å². The van der Waals surface area contributed by atoms with Crippen molar-refractivity contribution in [3.63, 3.8) is 0 Å². The van der Waals surface area contributed by atoms with Gasteiger partial charge in [0.2, 0.25) is 0 Å². The molecule has 6 heteroatoms. The van der Waals surface area contributed by atoms with Crippen molar-refractivity contribution < 1.29 is 18.9 Å². The van der Waals surface area contributed by atoms with E-state index in [1.807, 2.05) is 55.5 Å². The fraction of sp³-hybridized carbons (Fsp3) is 0.308. The number of nitrogens with one attached hydrogen (secondary N) is 1. The Bertz CT molecular complexity index is 995. The van der Waals surface area contributed by atoms with Gasteiger partial charge in [0.1, 0.15) is 6.61 Å². The van der Waals surface area contributed by atoms with Gasteiger partial charge in [-0.05, 0) is 76.8 Å². The molecule has 0 saturated heterocycles. The predicted molar refractivity (Wildman–Crippen MR) is 131 cm³/mol. The third kappa shape index (κ3) is 6.65. The molecule has 3 aromatic carbocycles. The van der Waals surface area contributed by atoms with Gasteiger partial charge in [-0.2, -0.15) is 0 Å². The summed E-state index contributed by atoms with van der Waals surface area (Å²) in [7, 11) is 3.30. The fourth-order valence-electron chi connectivity index (χ4n) is 3.36. The van der Waals surface area contributed by atoms with Crippen molar-refractivity contribution in [1.82, 2.24) is 5.32 Å². The molecule has 1 N–H and O–H groups in total. The molecule has 0 aliphatic rings. The van der Waals surface area contributed by atoms with E-state index in [4.69, 9.17) is 18.9 Å². The Morgan fingerprint density at radius 1 is 0.781 bits per heavy atom. The summed E-state index contributed by atoms with van der Waals surface area (Å²) in [6, 6.07) is 20.2. The van der Waals surface area contributed by atoms with E-state index in [1.165, 1.54) is 5.56 Å². The van der Waals surface area contributed by atoms with Crippen LogP contribution in [0.4, 0.5) is 0 Å². The van der Waals surface area contributed by atoms with Gasteiger partial charge in [-0.3, -0.25) is 0 Å². The number of benzene rings is 3. The summed E-state index contributed by atoms with van der Waals surface area (Å²) in [6.45, 7) is 4.60. The number of ether oxygens (including phenoxy) is 4. The number of hydrogen-bond donors (Lipinski definition) is 1. The van der Waals surface area contributed by atoms with E-state index in [0.717, 1.165) is 58.1 Å². The minimum absolute atomic E-state index is 0.489. The van der Waals surface area contributed by atoms with Gasteiger partial charge < -0.3 is 24.3 Å². The summed E-state index contributed by atoms with van der Waals surface area (Å²) in [5, 5.41) is 3.50. The van der Waals surface area contributed by atoms with E-state index in [-0.39, 0.29) is 0 Å². The second kappa shape index (κ2) is 12.4. The largest absolute Gasteiger partial charge is 0.493 e. The molecule has 0 amide bonds. The van der Waals surface area contributed by atoms with E-state index in [0.29, 0.717) is 13.2 Å². The van der Waals surface area contributed by atoms with Gasteiger partial charge in [-0.15, -0.1) is 0 Å². The summed E-state index contributed by atoms with van der Waals surface area (Å²) >= 11 is 3.66. The van der Waals surface area contributed by atoms with Crippen LogP contribution < -0.4 is 24.3 Å². The maximum Gasteiger partial charge on any atom is 0.175 e. The summed E-state index contributed by atoms with van der Waals surface area (Å²) in [5.41, 5.74) is 3.43. The van der Waals surface area contributed by atoms with Crippen molar-refractivity contribution in [3.05, 3.63) is 81.8 Å². The lowest BCUT2D eigenvalue weighted by atomic mass is 10.1. The zero-order valence-electron chi connectivity index (χ0n) is 18.8. The van der Waals surface area contributed by atoms with Gasteiger partial charge >= 0.3 is 0 Å². The lowest BCUT2D eigenvalue weighted by Crippen LogP contribution is -2.17. The van der Waals surface area contributed by atoms with Crippen LogP contribution >= 0.6 is 15.9 Å². The van der Waals surface area contributed by atoms with Crippen LogP contribution in [0.3, 0.4) is 0 Å². The zero-order valence-corrected chi connectivity index (χ0v) is 20.4. The molecule has 0 fully saturated rings. The maximum atomic E-state index is 6.07. The highest BCUT2D eigenvalue weighted by molar-refractivity contribution is 9.10. The first-order chi connectivity index (χ1) is 15.6. The molecule has 0 unspecified atom stereocenters. The Hall–Kier alpha value is -2.70. The van der Waals surface area contributed by atoms with Crippen molar-refractivity contribution >= 4 is 15.9 Å². The fourth-order valence-corrected chi connectivity index (χ4v) is 3.96. The van der Waals surface area contributed by atoms with E-state index < -0.39 is 0 Å². The Labute approximate surface area is 198 Å². The summed E-state index contributed by atoms with van der Waals surface area (Å²) < 4.78 is 23.5. The van der Waals surface area contributed by atoms with Crippen molar-refractivity contribution in [2.45, 2.75) is 26.5 Å². The van der Waals surface area contributed by atoms with E-state index in [2.05, 4.69) is 33.4 Å². The Morgan fingerprint density at radius 2 is 1.53 bits per heavy atom. The van der Waals surface area contributed by atoms with Gasteiger partial charge in [0.25, 0.3) is 0 Å². The SMILES string of the molecule is CCOc1cc(CNCCc2ccc(OC)c(OC)c2)cc(Br)c1OCc1ccccc1. The molecule has 0 bridgehead atoms. The number of hydrogen-bond acceptors (Lipinski definition) is 5. The van der Waals surface area contributed by atoms with Gasteiger partial charge in [-0.25, -0.2) is 0 Å². The first-order valence-corrected chi connectivity index (χ1v) is 11.5. The highest BCUT2D eigenvalue weighted by Crippen LogP contribution is 2.37. The van der Waals surface area contributed by atoms with Crippen LogP contribution in [-0.4, -0.2) is 27.4 Å². The molecule has 3 rings (SSSR count). The van der Waals surface area contributed by atoms with Gasteiger partial charge in [-0.1, -0.05) is 36.4 Å². The summed E-state index contributed by atoms with van der Waals surface area (Å²) in [6.07, 6.45) is 0.887. The van der Waals surface area contributed by atoms with Crippen LogP contribution in [0.15, 0.2) is 65.1 Å². The molecule has 0 atom stereocenters. The molecule has 5 nitrogen and oxygen atoms in total. The van der Waals surface area contributed by atoms with Crippen LogP contribution in [0.2, 0.25) is 0 Å². The minimum atomic E-state index is 0.489. The highest BCUT2D eigenvalue weighted by Gasteiger charge is 2.13. The number of rotatable bonds is 12. The minimum Gasteiger partial charge on any atom is -0.493 e. The van der Waals surface area contributed by atoms with Crippen molar-refractivity contribution in [3.8, 4) is 23.0 Å². The maximum absolute atomic E-state index is 6.07. The Kier molecular flexibility index (Phi) is 9.26. The smallest absolute Gasteiger partial charge is 0.175 e. The second-order valence-electron chi connectivity index (χ2n) is 7.23. The van der Waals surface area contributed by atoms with Crippen LogP contribution in [0, 0.1) is 0 Å². The van der Waals surface area contributed by atoms with Gasteiger partial charge in [0, 0.05) is 6.54 Å². The molecule has 0 spiro atoms. The Morgan fingerprint density at radius 3 is 2.25 bits per heavy atom. The standard InChI is InChI=1S/C26H30BrNO4/c1-4-31-25-16-21(14-22(27)26(25)32-18-20-8-6-5-7-9-20)17-28-13-12-19-10-11-23(29-2)24(15-19)30-3/h5-11,14-16,28H,4,12-13,17-18H2,1-3H3. The van der Waals surface area contributed by atoms with E-state index in [1.54, 1.807) is 14.2 Å². The molecule has 0 aliphatic heterocycles. The van der Waals surface area contributed by atoms with Crippen LogP contribution in [0.5, 0.6) is 23.0 Å². The van der Waals surface area contributed by atoms with Gasteiger partial charge in [0.05, 0.1) is 25.3 Å². The number of halogens is 1. The lowest BCUT2D eigenvalue weighted by Gasteiger charge is -2.16. The molecule has 0 aromatic heterocycles. The molecule has 3 aromatic rings. The molecule has 0 radical (unpaired) electrons. The molecule has 32 heavy (non-hydrogen) atoms. The highest BCUT2D eigenvalue weighted by atomic mass is 79.9. The molecule has 170 valence electrons. The quantitative estimate of drug-likeness (QED) is 0.320. The number of methoxy groups -OCH3 is 2. The van der Waals surface area contributed by atoms with E-state index >= 15 is 0 Å². The van der Waals surface area contributed by atoms with Crippen LogP contribution in [0.25, 0.3) is 0 Å². The molecule has 0 heterocycles.